The second-order valence-electron chi connectivity index (χ2n) is 16.2. The number of hydrogen-bond acceptors (Lipinski definition) is 5. The molecule has 4 saturated carbocycles. The van der Waals surface area contributed by atoms with Crippen molar-refractivity contribution in [2.75, 3.05) is 13.7 Å². The molecule has 0 saturated heterocycles. The monoisotopic (exact) mass is 556 g/mol. The summed E-state index contributed by atoms with van der Waals surface area (Å²) in [5.74, 6) is 1.75. The molecule has 5 rings (SSSR count). The highest BCUT2D eigenvalue weighted by Crippen LogP contribution is 2.70. The van der Waals surface area contributed by atoms with Crippen LogP contribution < -0.4 is 0 Å². The van der Waals surface area contributed by atoms with E-state index in [0.29, 0.717) is 47.2 Å². The van der Waals surface area contributed by atoms with Crippen molar-refractivity contribution in [3.63, 3.8) is 0 Å². The van der Waals surface area contributed by atoms with Crippen LogP contribution in [0.4, 0.5) is 0 Å². The standard InChI is InChI=1S/C35H56O5/c1-22(36)39-21-35(8)28-12-10-24-20-32(5)17-14-26-31(3,4)29(38-9)15-19-34(26,7)27(32)13-11-25(24)33(28,6)18-16-30(35)40-23(2)37/h10,25-30H,11-21H2,1-9H3/t25-,26-,27-,28+,29-,30-,32-,33+,34-,35+/m0/s1. The molecule has 0 bridgehead atoms. The molecule has 5 aliphatic carbocycles. The summed E-state index contributed by atoms with van der Waals surface area (Å²) in [4.78, 5) is 24.0. The lowest BCUT2D eigenvalue weighted by Crippen LogP contribution is -2.58. The lowest BCUT2D eigenvalue weighted by molar-refractivity contribution is -0.188. The van der Waals surface area contributed by atoms with E-state index in [4.69, 9.17) is 14.2 Å². The topological polar surface area (TPSA) is 61.8 Å². The average Bonchev–Trinajstić information content (AvgIpc) is 3.01. The molecule has 0 aliphatic heterocycles. The highest BCUT2D eigenvalue weighted by molar-refractivity contribution is 5.66. The van der Waals surface area contributed by atoms with Crippen molar-refractivity contribution >= 4 is 11.9 Å². The summed E-state index contributed by atoms with van der Waals surface area (Å²) in [5, 5.41) is 0. The fraction of sp³-hybridized carbons (Fsp3) is 0.886. The van der Waals surface area contributed by atoms with Crippen molar-refractivity contribution in [2.24, 2.45) is 50.7 Å². The minimum Gasteiger partial charge on any atom is -0.465 e. The maximum atomic E-state index is 12.1. The number of fused-ring (bicyclic) bond motifs is 6. The van der Waals surface area contributed by atoms with E-state index in [1.165, 1.54) is 58.8 Å². The van der Waals surface area contributed by atoms with Gasteiger partial charge in [0.05, 0.1) is 6.10 Å². The highest BCUT2D eigenvalue weighted by atomic mass is 16.6. The normalized spacial score (nSPS) is 47.8. The Morgan fingerprint density at radius 2 is 1.48 bits per heavy atom. The summed E-state index contributed by atoms with van der Waals surface area (Å²) in [6.07, 6.45) is 14.4. The second kappa shape index (κ2) is 10.1. The van der Waals surface area contributed by atoms with Gasteiger partial charge in [-0.05, 0) is 110 Å². The van der Waals surface area contributed by atoms with Gasteiger partial charge in [0.1, 0.15) is 12.7 Å². The zero-order valence-electron chi connectivity index (χ0n) is 26.9. The number of hydrogen-bond donors (Lipinski definition) is 0. The van der Waals surface area contributed by atoms with Gasteiger partial charge >= 0.3 is 11.9 Å². The van der Waals surface area contributed by atoms with Crippen molar-refractivity contribution in [1.82, 2.24) is 0 Å². The number of methoxy groups -OCH3 is 1. The molecule has 0 amide bonds. The molecule has 0 N–H and O–H groups in total. The van der Waals surface area contributed by atoms with Crippen LogP contribution in [-0.4, -0.2) is 37.9 Å². The first-order valence-electron chi connectivity index (χ1n) is 16.1. The van der Waals surface area contributed by atoms with E-state index in [-0.39, 0.29) is 28.9 Å². The van der Waals surface area contributed by atoms with Crippen LogP contribution in [0.25, 0.3) is 0 Å². The molecule has 0 unspecified atom stereocenters. The van der Waals surface area contributed by atoms with Gasteiger partial charge in [0.15, 0.2) is 0 Å². The van der Waals surface area contributed by atoms with Crippen LogP contribution in [0.5, 0.6) is 0 Å². The van der Waals surface area contributed by atoms with Gasteiger partial charge in [0.2, 0.25) is 0 Å². The molecule has 0 aromatic heterocycles. The average molecular weight is 557 g/mol. The van der Waals surface area contributed by atoms with E-state index >= 15 is 0 Å². The van der Waals surface area contributed by atoms with E-state index in [0.717, 1.165) is 19.3 Å². The van der Waals surface area contributed by atoms with Gasteiger partial charge in [-0.25, -0.2) is 0 Å². The van der Waals surface area contributed by atoms with Gasteiger partial charge in [0, 0.05) is 26.4 Å². The SMILES string of the molecule is CO[C@H]1CC[C@@]2(C)[C@@H](CC[C@@]3(C)CC4=CC[C@@H]5[C@](C)(CC[C@H](OC(C)=O)[C@]5(C)COC(C)=O)[C@H]4CC[C@@H]32)C1(C)C. The summed E-state index contributed by atoms with van der Waals surface area (Å²) in [6, 6.07) is 0. The summed E-state index contributed by atoms with van der Waals surface area (Å²) < 4.78 is 17.7. The van der Waals surface area contributed by atoms with Crippen LogP contribution in [0.1, 0.15) is 120 Å². The molecule has 0 aromatic rings. The first-order valence-corrected chi connectivity index (χ1v) is 16.1. The molecular weight excluding hydrogens is 500 g/mol. The lowest BCUT2D eigenvalue weighted by Gasteiger charge is -2.64. The molecule has 5 aliphatic rings. The van der Waals surface area contributed by atoms with Crippen molar-refractivity contribution in [3.05, 3.63) is 11.6 Å². The molecular formula is C35H56O5. The molecule has 226 valence electrons. The van der Waals surface area contributed by atoms with Crippen molar-refractivity contribution in [3.8, 4) is 0 Å². The van der Waals surface area contributed by atoms with Crippen molar-refractivity contribution in [1.29, 1.82) is 0 Å². The number of esters is 2. The van der Waals surface area contributed by atoms with Crippen LogP contribution in [0.3, 0.4) is 0 Å². The third-order valence-corrected chi connectivity index (χ3v) is 13.8. The highest BCUT2D eigenvalue weighted by Gasteiger charge is 2.64. The number of rotatable bonds is 4. The van der Waals surface area contributed by atoms with Crippen LogP contribution >= 0.6 is 0 Å². The Morgan fingerprint density at radius 1 is 0.800 bits per heavy atom. The molecule has 5 nitrogen and oxygen atoms in total. The predicted molar refractivity (Wildman–Crippen MR) is 157 cm³/mol. The van der Waals surface area contributed by atoms with Crippen molar-refractivity contribution < 1.29 is 23.8 Å². The third-order valence-electron chi connectivity index (χ3n) is 13.8. The first-order chi connectivity index (χ1) is 18.6. The van der Waals surface area contributed by atoms with E-state index < -0.39 is 5.41 Å². The Kier molecular flexibility index (Phi) is 7.62. The maximum absolute atomic E-state index is 12.1. The van der Waals surface area contributed by atoms with Crippen LogP contribution in [0, 0.1) is 50.7 Å². The molecule has 0 spiro atoms. The van der Waals surface area contributed by atoms with E-state index in [1.54, 1.807) is 5.57 Å². The molecule has 0 aromatic carbocycles. The van der Waals surface area contributed by atoms with Crippen molar-refractivity contribution in [2.45, 2.75) is 132 Å². The molecule has 5 heteroatoms. The molecule has 4 fully saturated rings. The number of allylic oxidation sites excluding steroid dienone is 2. The number of carbonyl (C=O) groups excluding carboxylic acids is 2. The Bertz CT molecular complexity index is 1050. The Labute approximate surface area is 243 Å². The van der Waals surface area contributed by atoms with Crippen LogP contribution in [0.15, 0.2) is 11.6 Å². The van der Waals surface area contributed by atoms with E-state index in [1.807, 2.05) is 7.11 Å². The van der Waals surface area contributed by atoms with E-state index in [9.17, 15) is 9.59 Å². The summed E-state index contributed by atoms with van der Waals surface area (Å²) in [7, 11) is 1.91. The quantitative estimate of drug-likeness (QED) is 0.260. The number of carbonyl (C=O) groups is 2. The second-order valence-corrected chi connectivity index (χ2v) is 16.2. The Hall–Kier alpha value is -1.36. The van der Waals surface area contributed by atoms with Gasteiger partial charge < -0.3 is 14.2 Å². The van der Waals surface area contributed by atoms with Crippen LogP contribution in [0.2, 0.25) is 0 Å². The van der Waals surface area contributed by atoms with E-state index in [2.05, 4.69) is 47.6 Å². The summed E-state index contributed by atoms with van der Waals surface area (Å²) in [6.45, 7) is 18.2. The van der Waals surface area contributed by atoms with Gasteiger partial charge in [-0.15, -0.1) is 0 Å². The zero-order chi connectivity index (χ0) is 29.3. The van der Waals surface area contributed by atoms with Crippen LogP contribution in [-0.2, 0) is 23.8 Å². The minimum absolute atomic E-state index is 0.104. The summed E-state index contributed by atoms with van der Waals surface area (Å²) >= 11 is 0. The largest absolute Gasteiger partial charge is 0.465 e. The maximum Gasteiger partial charge on any atom is 0.302 e. The van der Waals surface area contributed by atoms with Gasteiger partial charge in [-0.2, -0.15) is 0 Å². The van der Waals surface area contributed by atoms with Gasteiger partial charge in [0.25, 0.3) is 0 Å². The molecule has 10 atom stereocenters. The Morgan fingerprint density at radius 3 is 2.12 bits per heavy atom. The van der Waals surface area contributed by atoms with Gasteiger partial charge in [-0.3, -0.25) is 9.59 Å². The summed E-state index contributed by atoms with van der Waals surface area (Å²) in [5.41, 5.74) is 2.28. The Balaban J connectivity index is 1.47. The fourth-order valence-electron chi connectivity index (χ4n) is 12.0. The lowest BCUT2D eigenvalue weighted by atomic mass is 9.42. The fourth-order valence-corrected chi connectivity index (χ4v) is 12.0. The zero-order valence-corrected chi connectivity index (χ0v) is 26.9. The molecule has 0 radical (unpaired) electrons. The minimum atomic E-state index is -0.394. The number of ether oxygens (including phenoxy) is 3. The van der Waals surface area contributed by atoms with Gasteiger partial charge in [-0.1, -0.05) is 53.2 Å². The predicted octanol–water partition coefficient (Wildman–Crippen LogP) is 7.91. The molecule has 0 heterocycles. The first kappa shape index (κ1) is 30.1. The smallest absolute Gasteiger partial charge is 0.302 e. The third kappa shape index (κ3) is 4.51. The molecule has 40 heavy (non-hydrogen) atoms.